The largest absolute Gasteiger partial charge is 0.354 e. The zero-order valence-corrected chi connectivity index (χ0v) is 18.7. The summed E-state index contributed by atoms with van der Waals surface area (Å²) in [4.78, 5) is 27.0. The first-order valence-electron chi connectivity index (χ1n) is 11.3. The van der Waals surface area contributed by atoms with Crippen LogP contribution in [0.2, 0.25) is 0 Å². The zero-order valence-electron chi connectivity index (χ0n) is 18.7. The highest BCUT2D eigenvalue weighted by Gasteiger charge is 2.30. The fourth-order valence-corrected chi connectivity index (χ4v) is 4.03. The van der Waals surface area contributed by atoms with Crippen molar-refractivity contribution in [2.24, 2.45) is 0 Å². The number of carbonyl (C=O) groups excluding carboxylic acids is 1. The maximum absolute atomic E-state index is 12.8. The lowest BCUT2D eigenvalue weighted by molar-refractivity contribution is -0.121. The highest BCUT2D eigenvalue weighted by atomic mass is 16.1. The van der Waals surface area contributed by atoms with Gasteiger partial charge in [-0.25, -0.2) is 9.97 Å². The Morgan fingerprint density at radius 1 is 1.06 bits per heavy atom. The number of nitrogens with one attached hydrogen (secondary N) is 1. The van der Waals surface area contributed by atoms with Crippen molar-refractivity contribution in [1.29, 1.82) is 5.26 Å². The third kappa shape index (κ3) is 5.36. The van der Waals surface area contributed by atoms with Crippen molar-refractivity contribution in [2.45, 2.75) is 18.9 Å². The molecule has 1 amide bonds. The van der Waals surface area contributed by atoms with Gasteiger partial charge in [0.1, 0.15) is 5.69 Å². The third-order valence-corrected chi connectivity index (χ3v) is 5.81. The second-order valence-electron chi connectivity index (χ2n) is 8.10. The number of para-hydroxylation sites is 2. The van der Waals surface area contributed by atoms with Gasteiger partial charge in [-0.3, -0.25) is 9.69 Å². The summed E-state index contributed by atoms with van der Waals surface area (Å²) in [6, 6.07) is 20.2. The first-order valence-corrected chi connectivity index (χ1v) is 11.3. The molecular formula is C26H28N6O. The number of hydrogen-bond acceptors (Lipinski definition) is 6. The van der Waals surface area contributed by atoms with E-state index >= 15 is 0 Å². The van der Waals surface area contributed by atoms with Crippen molar-refractivity contribution in [1.82, 2.24) is 20.2 Å². The number of nitrogens with zero attached hydrogens (tertiary/aromatic N) is 5. The van der Waals surface area contributed by atoms with Gasteiger partial charge in [0, 0.05) is 39.3 Å². The van der Waals surface area contributed by atoms with Crippen LogP contribution in [-0.2, 0) is 11.3 Å². The van der Waals surface area contributed by atoms with Crippen molar-refractivity contribution in [3.05, 3.63) is 78.5 Å². The number of rotatable bonds is 8. The number of piperazine rings is 1. The molecule has 4 rings (SSSR count). The number of nitriles is 1. The van der Waals surface area contributed by atoms with Crippen LogP contribution < -0.4 is 10.2 Å². The Hall–Kier alpha value is -3.76. The minimum absolute atomic E-state index is 0.354. The molecule has 0 saturated carbocycles. The number of carbonyl (C=O) groups is 1. The SMILES string of the molecule is C=CCCNC(=O)[C@@H](C#N)c1nc2ccccc2nc1N1CCN(Cc2ccccc2)CC1. The summed E-state index contributed by atoms with van der Waals surface area (Å²) in [5.74, 6) is -0.754. The van der Waals surface area contributed by atoms with E-state index in [1.165, 1.54) is 5.56 Å². The Balaban J connectivity index is 1.58. The number of fused-ring (bicyclic) bond motifs is 1. The molecule has 0 spiro atoms. The second kappa shape index (κ2) is 10.7. The summed E-state index contributed by atoms with van der Waals surface area (Å²) in [6.45, 7) is 8.25. The van der Waals surface area contributed by atoms with Crippen LogP contribution in [0.4, 0.5) is 5.82 Å². The fraction of sp³-hybridized carbons (Fsp3) is 0.308. The molecule has 7 heteroatoms. The van der Waals surface area contributed by atoms with Crippen LogP contribution in [0.25, 0.3) is 11.0 Å². The third-order valence-electron chi connectivity index (χ3n) is 5.81. The van der Waals surface area contributed by atoms with Crippen LogP contribution in [0.15, 0.2) is 67.3 Å². The van der Waals surface area contributed by atoms with Gasteiger partial charge >= 0.3 is 0 Å². The molecule has 3 aromatic rings. The predicted molar refractivity (Wildman–Crippen MR) is 130 cm³/mol. The number of aromatic nitrogens is 2. The molecule has 7 nitrogen and oxygen atoms in total. The molecule has 1 aromatic heterocycles. The van der Waals surface area contributed by atoms with Gasteiger partial charge in [-0.05, 0) is 24.1 Å². The lowest BCUT2D eigenvalue weighted by atomic mass is 10.0. The van der Waals surface area contributed by atoms with Gasteiger partial charge in [-0.2, -0.15) is 5.26 Å². The van der Waals surface area contributed by atoms with Crippen LogP contribution >= 0.6 is 0 Å². The van der Waals surface area contributed by atoms with Gasteiger partial charge < -0.3 is 10.2 Å². The van der Waals surface area contributed by atoms with Crippen LogP contribution in [0.5, 0.6) is 0 Å². The average molecular weight is 441 g/mol. The Morgan fingerprint density at radius 3 is 2.39 bits per heavy atom. The zero-order chi connectivity index (χ0) is 23.0. The van der Waals surface area contributed by atoms with E-state index in [4.69, 9.17) is 9.97 Å². The summed E-state index contributed by atoms with van der Waals surface area (Å²) < 4.78 is 0. The van der Waals surface area contributed by atoms with Crippen molar-refractivity contribution >= 4 is 22.8 Å². The van der Waals surface area contributed by atoms with Gasteiger partial charge in [-0.1, -0.05) is 48.5 Å². The van der Waals surface area contributed by atoms with Crippen molar-refractivity contribution in [3.63, 3.8) is 0 Å². The summed E-state index contributed by atoms with van der Waals surface area (Å²) in [6.07, 6.45) is 2.38. The summed E-state index contributed by atoms with van der Waals surface area (Å²) in [5, 5.41) is 12.7. The number of anilines is 1. The van der Waals surface area contributed by atoms with E-state index in [9.17, 15) is 10.1 Å². The summed E-state index contributed by atoms with van der Waals surface area (Å²) >= 11 is 0. The molecule has 33 heavy (non-hydrogen) atoms. The lowest BCUT2D eigenvalue weighted by Gasteiger charge is -2.36. The molecular weight excluding hydrogens is 412 g/mol. The standard InChI is InChI=1S/C26H28N6O/c1-2-3-13-28-26(33)21(18-27)24-25(30-23-12-8-7-11-22(23)29-24)32-16-14-31(15-17-32)19-20-9-5-4-6-10-20/h2,4-12,21H,1,3,13-17,19H2,(H,28,33)/t21-/m0/s1. The molecule has 1 aliphatic heterocycles. The second-order valence-corrected chi connectivity index (χ2v) is 8.10. The topological polar surface area (TPSA) is 85.1 Å². The maximum Gasteiger partial charge on any atom is 0.243 e. The minimum atomic E-state index is -1.02. The van der Waals surface area contributed by atoms with Crippen molar-refractivity contribution < 1.29 is 4.79 Å². The van der Waals surface area contributed by atoms with Gasteiger partial charge in [0.15, 0.2) is 11.7 Å². The molecule has 2 heterocycles. The maximum atomic E-state index is 12.8. The quantitative estimate of drug-likeness (QED) is 0.428. The van der Waals surface area contributed by atoms with E-state index in [0.717, 1.165) is 38.2 Å². The molecule has 1 fully saturated rings. The molecule has 1 atom stereocenters. The molecule has 1 aliphatic rings. The number of hydrogen-bond donors (Lipinski definition) is 1. The lowest BCUT2D eigenvalue weighted by Crippen LogP contribution is -2.47. The number of amides is 1. The van der Waals surface area contributed by atoms with Crippen molar-refractivity contribution in [3.8, 4) is 6.07 Å². The number of benzene rings is 2. The van der Waals surface area contributed by atoms with E-state index in [0.29, 0.717) is 30.0 Å². The Labute approximate surface area is 194 Å². The predicted octanol–water partition coefficient (Wildman–Crippen LogP) is 3.25. The van der Waals surface area contributed by atoms with E-state index in [1.54, 1.807) is 6.08 Å². The summed E-state index contributed by atoms with van der Waals surface area (Å²) in [5.41, 5.74) is 3.14. The first-order chi connectivity index (χ1) is 16.2. The monoisotopic (exact) mass is 440 g/mol. The van der Waals surface area contributed by atoms with Gasteiger partial charge in [-0.15, -0.1) is 6.58 Å². The molecule has 0 radical (unpaired) electrons. The van der Waals surface area contributed by atoms with Crippen LogP contribution in [0.1, 0.15) is 23.6 Å². The van der Waals surface area contributed by atoms with E-state index in [1.807, 2.05) is 30.3 Å². The smallest absolute Gasteiger partial charge is 0.243 e. The van der Waals surface area contributed by atoms with Crippen molar-refractivity contribution in [2.75, 3.05) is 37.6 Å². The van der Waals surface area contributed by atoms with E-state index in [-0.39, 0.29) is 5.91 Å². The van der Waals surface area contributed by atoms with Crippen LogP contribution in [-0.4, -0.2) is 53.5 Å². The Kier molecular flexibility index (Phi) is 7.28. The minimum Gasteiger partial charge on any atom is -0.354 e. The van der Waals surface area contributed by atoms with Crippen LogP contribution in [0, 0.1) is 11.3 Å². The van der Waals surface area contributed by atoms with Gasteiger partial charge in [0.05, 0.1) is 17.1 Å². The van der Waals surface area contributed by atoms with Gasteiger partial charge in [0.2, 0.25) is 5.91 Å². The molecule has 0 unspecified atom stereocenters. The first kappa shape index (κ1) is 22.4. The van der Waals surface area contributed by atoms with Gasteiger partial charge in [0.25, 0.3) is 0 Å². The molecule has 0 aliphatic carbocycles. The Bertz CT molecular complexity index is 1150. The van der Waals surface area contributed by atoms with E-state index < -0.39 is 5.92 Å². The van der Waals surface area contributed by atoms with E-state index in [2.05, 4.69) is 52.0 Å². The normalized spacial score (nSPS) is 15.1. The van der Waals surface area contributed by atoms with Crippen LogP contribution in [0.3, 0.4) is 0 Å². The summed E-state index contributed by atoms with van der Waals surface area (Å²) in [7, 11) is 0. The molecule has 1 N–H and O–H groups in total. The molecule has 168 valence electrons. The average Bonchev–Trinajstić information content (AvgIpc) is 2.85. The Morgan fingerprint density at radius 2 is 1.73 bits per heavy atom. The molecule has 0 bridgehead atoms. The highest BCUT2D eigenvalue weighted by molar-refractivity contribution is 5.88. The molecule has 1 saturated heterocycles. The highest BCUT2D eigenvalue weighted by Crippen LogP contribution is 2.28. The molecule has 2 aromatic carbocycles. The fourth-order valence-electron chi connectivity index (χ4n) is 4.03.